The van der Waals surface area contributed by atoms with E-state index in [4.69, 9.17) is 5.14 Å². The van der Waals surface area contributed by atoms with Gasteiger partial charge in [-0.05, 0) is 34.5 Å². The molecule has 0 aromatic heterocycles. The van der Waals surface area contributed by atoms with Gasteiger partial charge in [-0.3, -0.25) is 4.79 Å². The van der Waals surface area contributed by atoms with Gasteiger partial charge in [0.25, 0.3) is 0 Å². The van der Waals surface area contributed by atoms with E-state index in [1.54, 1.807) is 11.0 Å². The van der Waals surface area contributed by atoms with Crippen LogP contribution in [0.25, 0.3) is 10.8 Å². The van der Waals surface area contributed by atoms with Crippen molar-refractivity contribution in [3.8, 4) is 0 Å². The number of hydrogen-bond acceptors (Lipinski definition) is 4. The summed E-state index contributed by atoms with van der Waals surface area (Å²) in [6, 6.07) is 18.2. The average Bonchev–Trinajstić information content (AvgIpc) is 2.60. The quantitative estimate of drug-likeness (QED) is 0.708. The van der Waals surface area contributed by atoms with Gasteiger partial charge in [0, 0.05) is 14.1 Å². The van der Waals surface area contributed by atoms with Gasteiger partial charge in [-0.25, -0.2) is 13.6 Å². The lowest BCUT2D eigenvalue weighted by atomic mass is 10.0. The van der Waals surface area contributed by atoms with Crippen LogP contribution in [0.3, 0.4) is 0 Å². The van der Waals surface area contributed by atoms with Crippen molar-refractivity contribution >= 4 is 38.1 Å². The van der Waals surface area contributed by atoms with Crippen molar-refractivity contribution in [2.75, 3.05) is 24.3 Å². The monoisotopic (exact) mass is 383 g/mol. The molecule has 0 aliphatic rings. The molecule has 140 valence electrons. The van der Waals surface area contributed by atoms with Gasteiger partial charge >= 0.3 is 0 Å². The molecule has 3 aromatic carbocycles. The summed E-state index contributed by atoms with van der Waals surface area (Å²) < 4.78 is 23.2. The van der Waals surface area contributed by atoms with Gasteiger partial charge in [-0.15, -0.1) is 0 Å². The van der Waals surface area contributed by atoms with Crippen LogP contribution in [0.1, 0.15) is 5.56 Å². The third kappa shape index (κ3) is 4.45. The van der Waals surface area contributed by atoms with Crippen LogP contribution in [-0.4, -0.2) is 28.4 Å². The highest BCUT2D eigenvalue weighted by Crippen LogP contribution is 2.27. The Morgan fingerprint density at radius 3 is 2.37 bits per heavy atom. The van der Waals surface area contributed by atoms with Crippen molar-refractivity contribution in [3.63, 3.8) is 0 Å². The molecule has 0 atom stereocenters. The number of fused-ring (bicyclic) bond motifs is 1. The maximum atomic E-state index is 12.5. The molecule has 0 unspecified atom stereocenters. The summed E-state index contributed by atoms with van der Waals surface area (Å²) in [5.74, 6) is -0.236. The van der Waals surface area contributed by atoms with Crippen LogP contribution in [0.15, 0.2) is 65.6 Å². The highest BCUT2D eigenvalue weighted by Gasteiger charge is 2.15. The summed E-state index contributed by atoms with van der Waals surface area (Å²) in [5.41, 5.74) is 1.96. The number of carbonyl (C=O) groups excluding carboxylic acids is 1. The fourth-order valence-corrected chi connectivity index (χ4v) is 3.45. The minimum absolute atomic E-state index is 0.0471. The predicted molar refractivity (Wildman–Crippen MR) is 108 cm³/mol. The molecule has 3 aromatic rings. The summed E-state index contributed by atoms with van der Waals surface area (Å²) in [6.45, 7) is 0. The number of nitrogens with two attached hydrogens (primary N) is 1. The van der Waals surface area contributed by atoms with Crippen LogP contribution in [0, 0.1) is 0 Å². The first-order valence-corrected chi connectivity index (χ1v) is 9.90. The van der Waals surface area contributed by atoms with Crippen molar-refractivity contribution in [2.24, 2.45) is 5.14 Å². The lowest BCUT2D eigenvalue weighted by Gasteiger charge is -2.19. The average molecular weight is 383 g/mol. The Kier molecular flexibility index (Phi) is 5.16. The SMILES string of the molecule is CN(C)c1ccc(S(N)(=O)=O)cc1NC(=O)Cc1ccc2ccccc2c1. The molecule has 0 aliphatic heterocycles. The van der Waals surface area contributed by atoms with Crippen LogP contribution in [0.5, 0.6) is 0 Å². The molecular formula is C20H21N3O3S. The standard InChI is InChI=1S/C20H21N3O3S/c1-23(2)19-10-9-17(27(21,25)26)13-18(19)22-20(24)12-14-7-8-15-5-3-4-6-16(15)11-14/h3-11,13H,12H2,1-2H3,(H,22,24)(H2,21,25,26). The molecule has 0 spiro atoms. The van der Waals surface area contributed by atoms with E-state index >= 15 is 0 Å². The number of sulfonamides is 1. The van der Waals surface area contributed by atoms with Gasteiger partial charge in [-0.1, -0.05) is 42.5 Å². The molecule has 0 bridgehead atoms. The topological polar surface area (TPSA) is 92.5 Å². The summed E-state index contributed by atoms with van der Waals surface area (Å²) in [4.78, 5) is 14.3. The molecule has 3 N–H and O–H groups in total. The van der Waals surface area contributed by atoms with Gasteiger partial charge in [0.05, 0.1) is 22.7 Å². The van der Waals surface area contributed by atoms with E-state index in [2.05, 4.69) is 5.32 Å². The lowest BCUT2D eigenvalue weighted by Crippen LogP contribution is -2.19. The van der Waals surface area contributed by atoms with E-state index in [9.17, 15) is 13.2 Å². The Hall–Kier alpha value is -2.90. The molecule has 0 aliphatic carbocycles. The van der Waals surface area contributed by atoms with Crippen molar-refractivity contribution in [3.05, 3.63) is 66.2 Å². The summed E-state index contributed by atoms with van der Waals surface area (Å²) >= 11 is 0. The molecule has 6 nitrogen and oxygen atoms in total. The molecule has 3 rings (SSSR count). The number of rotatable bonds is 5. The van der Waals surface area contributed by atoms with E-state index in [0.29, 0.717) is 11.4 Å². The summed E-state index contributed by atoms with van der Waals surface area (Å²) in [6.07, 6.45) is 0.178. The lowest BCUT2D eigenvalue weighted by molar-refractivity contribution is -0.115. The Bertz CT molecular complexity index is 1110. The van der Waals surface area contributed by atoms with Crippen molar-refractivity contribution in [1.29, 1.82) is 0 Å². The molecule has 0 heterocycles. The third-order valence-corrected chi connectivity index (χ3v) is 5.14. The maximum absolute atomic E-state index is 12.5. The van der Waals surface area contributed by atoms with Crippen LogP contribution in [0.2, 0.25) is 0 Å². The van der Waals surface area contributed by atoms with Crippen molar-refractivity contribution in [2.45, 2.75) is 11.3 Å². The molecule has 7 heteroatoms. The first kappa shape index (κ1) is 18.9. The van der Waals surface area contributed by atoms with E-state index in [1.165, 1.54) is 12.1 Å². The number of benzene rings is 3. The molecular weight excluding hydrogens is 362 g/mol. The number of nitrogens with zero attached hydrogens (tertiary/aromatic N) is 1. The molecule has 0 fully saturated rings. The highest BCUT2D eigenvalue weighted by atomic mass is 32.2. The Labute approximate surface area is 158 Å². The minimum Gasteiger partial charge on any atom is -0.376 e. The summed E-state index contributed by atoms with van der Waals surface area (Å²) in [7, 11) is -0.236. The zero-order valence-electron chi connectivity index (χ0n) is 15.1. The first-order valence-electron chi connectivity index (χ1n) is 8.36. The number of hydrogen-bond donors (Lipinski definition) is 2. The van der Waals surface area contributed by atoms with E-state index in [1.807, 2.05) is 56.6 Å². The van der Waals surface area contributed by atoms with Gasteiger partial charge in [-0.2, -0.15) is 0 Å². The van der Waals surface area contributed by atoms with Gasteiger partial charge in [0.15, 0.2) is 0 Å². The molecule has 27 heavy (non-hydrogen) atoms. The van der Waals surface area contributed by atoms with Crippen molar-refractivity contribution in [1.82, 2.24) is 0 Å². The normalized spacial score (nSPS) is 11.4. The van der Waals surface area contributed by atoms with E-state index in [-0.39, 0.29) is 17.2 Å². The van der Waals surface area contributed by atoms with Crippen LogP contribution in [-0.2, 0) is 21.2 Å². The van der Waals surface area contributed by atoms with Crippen LogP contribution >= 0.6 is 0 Å². The number of carbonyl (C=O) groups is 1. The highest BCUT2D eigenvalue weighted by molar-refractivity contribution is 7.89. The second-order valence-corrected chi connectivity index (χ2v) is 8.09. The number of amides is 1. The first-order chi connectivity index (χ1) is 12.7. The Morgan fingerprint density at radius 1 is 1.00 bits per heavy atom. The largest absolute Gasteiger partial charge is 0.376 e. The van der Waals surface area contributed by atoms with Gasteiger partial charge in [0.1, 0.15) is 0 Å². The third-order valence-electron chi connectivity index (χ3n) is 4.23. The Balaban J connectivity index is 1.85. The van der Waals surface area contributed by atoms with Gasteiger partial charge in [0.2, 0.25) is 15.9 Å². The summed E-state index contributed by atoms with van der Waals surface area (Å²) in [5, 5.41) is 10.2. The number of anilines is 2. The number of primary sulfonamides is 1. The van der Waals surface area contributed by atoms with E-state index < -0.39 is 10.0 Å². The van der Waals surface area contributed by atoms with Crippen LogP contribution in [0.4, 0.5) is 11.4 Å². The van der Waals surface area contributed by atoms with Gasteiger partial charge < -0.3 is 10.2 Å². The number of nitrogens with one attached hydrogen (secondary N) is 1. The fraction of sp³-hybridized carbons (Fsp3) is 0.150. The minimum atomic E-state index is -3.86. The second-order valence-electron chi connectivity index (χ2n) is 6.52. The molecule has 0 saturated carbocycles. The maximum Gasteiger partial charge on any atom is 0.238 e. The molecule has 1 amide bonds. The zero-order chi connectivity index (χ0) is 19.6. The fourth-order valence-electron chi connectivity index (χ4n) is 2.91. The smallest absolute Gasteiger partial charge is 0.238 e. The molecule has 0 saturated heterocycles. The van der Waals surface area contributed by atoms with E-state index in [0.717, 1.165) is 16.3 Å². The predicted octanol–water partition coefficient (Wildman–Crippen LogP) is 2.73. The van der Waals surface area contributed by atoms with Crippen molar-refractivity contribution < 1.29 is 13.2 Å². The second kappa shape index (κ2) is 7.38. The zero-order valence-corrected chi connectivity index (χ0v) is 16.0. The molecule has 0 radical (unpaired) electrons. The van der Waals surface area contributed by atoms with Crippen LogP contribution < -0.4 is 15.4 Å². The Morgan fingerprint density at radius 2 is 1.70 bits per heavy atom.